The molecular weight excluding hydrogens is 334 g/mol. The van der Waals surface area contributed by atoms with E-state index in [2.05, 4.69) is 25.9 Å². The molecule has 3 rings (SSSR count). The minimum atomic E-state index is -0.326. The van der Waals surface area contributed by atoms with E-state index in [1.54, 1.807) is 18.2 Å². The van der Waals surface area contributed by atoms with Crippen LogP contribution in [0.5, 0.6) is 0 Å². The van der Waals surface area contributed by atoms with Gasteiger partial charge in [-0.3, -0.25) is 4.79 Å². The molecule has 0 atom stereocenters. The van der Waals surface area contributed by atoms with Crippen LogP contribution < -0.4 is 21.6 Å². The number of aromatic amines is 2. The zero-order valence-corrected chi connectivity index (χ0v) is 14.0. The number of rotatable bonds is 6. The summed E-state index contributed by atoms with van der Waals surface area (Å²) in [6, 6.07) is 14.3. The largest absolute Gasteiger partial charge is 0.338 e. The summed E-state index contributed by atoms with van der Waals surface area (Å²) >= 11 is 0. The smallest absolute Gasteiger partial charge is 0.323 e. The number of carbonyl (C=O) groups is 2. The monoisotopic (exact) mass is 353 g/mol. The van der Waals surface area contributed by atoms with Gasteiger partial charge in [-0.25, -0.2) is 9.59 Å². The van der Waals surface area contributed by atoms with Gasteiger partial charge in [0.15, 0.2) is 0 Å². The number of H-pyrrole nitrogens is 2. The van der Waals surface area contributed by atoms with Crippen LogP contribution in [0.4, 0.5) is 10.5 Å². The van der Waals surface area contributed by atoms with E-state index < -0.39 is 0 Å². The van der Waals surface area contributed by atoms with E-state index in [9.17, 15) is 14.4 Å². The molecule has 3 aromatic rings. The van der Waals surface area contributed by atoms with E-state index >= 15 is 0 Å². The SMILES string of the molecule is O=C(CCNC(=O)NCc1ccccc1)Nc1ccc2[nH]c(=O)[nH]c2c1. The highest BCUT2D eigenvalue weighted by molar-refractivity contribution is 5.93. The molecule has 0 saturated heterocycles. The first kappa shape index (κ1) is 17.3. The topological polar surface area (TPSA) is 119 Å². The predicted molar refractivity (Wildman–Crippen MR) is 98.8 cm³/mol. The van der Waals surface area contributed by atoms with Gasteiger partial charge in [0.05, 0.1) is 11.0 Å². The fraction of sp³-hybridized carbons (Fsp3) is 0.167. The number of imidazole rings is 1. The third-order valence-electron chi connectivity index (χ3n) is 3.73. The van der Waals surface area contributed by atoms with Crippen molar-refractivity contribution in [2.45, 2.75) is 13.0 Å². The van der Waals surface area contributed by atoms with Crippen molar-refractivity contribution >= 4 is 28.7 Å². The van der Waals surface area contributed by atoms with Crippen LogP contribution in [0, 0.1) is 0 Å². The van der Waals surface area contributed by atoms with Gasteiger partial charge in [-0.15, -0.1) is 0 Å². The van der Waals surface area contributed by atoms with Gasteiger partial charge in [0.1, 0.15) is 0 Å². The summed E-state index contributed by atoms with van der Waals surface area (Å²) in [6.07, 6.45) is 0.139. The van der Waals surface area contributed by atoms with Crippen LogP contribution in [0.25, 0.3) is 11.0 Å². The zero-order chi connectivity index (χ0) is 18.4. The zero-order valence-electron chi connectivity index (χ0n) is 14.0. The first-order valence-electron chi connectivity index (χ1n) is 8.18. The van der Waals surface area contributed by atoms with Gasteiger partial charge in [0.2, 0.25) is 5.91 Å². The molecule has 0 bridgehead atoms. The van der Waals surface area contributed by atoms with Crippen LogP contribution in [-0.2, 0) is 11.3 Å². The van der Waals surface area contributed by atoms with Crippen molar-refractivity contribution in [1.29, 1.82) is 0 Å². The van der Waals surface area contributed by atoms with E-state index in [4.69, 9.17) is 0 Å². The van der Waals surface area contributed by atoms with Crippen molar-refractivity contribution in [3.63, 3.8) is 0 Å². The highest BCUT2D eigenvalue weighted by Gasteiger charge is 2.06. The van der Waals surface area contributed by atoms with E-state index in [1.807, 2.05) is 30.3 Å². The molecule has 0 radical (unpaired) electrons. The summed E-state index contributed by atoms with van der Waals surface area (Å²) in [5.74, 6) is -0.231. The molecular formula is C18H19N5O3. The van der Waals surface area contributed by atoms with E-state index in [1.165, 1.54) is 0 Å². The Balaban J connectivity index is 1.40. The molecule has 0 unspecified atom stereocenters. The summed E-state index contributed by atoms with van der Waals surface area (Å²) in [4.78, 5) is 40.2. The number of hydrogen-bond donors (Lipinski definition) is 5. The van der Waals surface area contributed by atoms with Gasteiger partial charge in [-0.05, 0) is 23.8 Å². The van der Waals surface area contributed by atoms with Gasteiger partial charge in [0.25, 0.3) is 0 Å². The average molecular weight is 353 g/mol. The minimum absolute atomic E-state index is 0.139. The van der Waals surface area contributed by atoms with Gasteiger partial charge in [0, 0.05) is 25.2 Å². The molecule has 8 nitrogen and oxygen atoms in total. The Labute approximate surface area is 149 Å². The fourth-order valence-electron chi connectivity index (χ4n) is 2.46. The predicted octanol–water partition coefficient (Wildman–Crippen LogP) is 1.68. The molecule has 2 aromatic carbocycles. The average Bonchev–Trinajstić information content (AvgIpc) is 3.00. The van der Waals surface area contributed by atoms with Crippen LogP contribution in [0.3, 0.4) is 0 Å². The molecule has 0 aliphatic heterocycles. The standard InChI is InChI=1S/C18H19N5O3/c24-16(21-13-6-7-14-15(10-13)23-18(26)22-14)8-9-19-17(25)20-11-12-4-2-1-3-5-12/h1-7,10H,8-9,11H2,(H,21,24)(H2,19,20,25)(H2,22,23,26). The third kappa shape index (κ3) is 4.73. The van der Waals surface area contributed by atoms with Gasteiger partial charge < -0.3 is 25.9 Å². The Hall–Kier alpha value is -3.55. The second kappa shape index (κ2) is 8.02. The lowest BCUT2D eigenvalue weighted by Gasteiger charge is -2.08. The number of carbonyl (C=O) groups excluding carboxylic acids is 2. The molecule has 26 heavy (non-hydrogen) atoms. The Morgan fingerprint density at radius 1 is 0.923 bits per heavy atom. The van der Waals surface area contributed by atoms with Gasteiger partial charge in [-0.1, -0.05) is 30.3 Å². The Bertz CT molecular complexity index is 962. The van der Waals surface area contributed by atoms with Crippen molar-refractivity contribution in [2.75, 3.05) is 11.9 Å². The lowest BCUT2D eigenvalue weighted by Crippen LogP contribution is -2.36. The van der Waals surface area contributed by atoms with E-state index in [0.717, 1.165) is 5.56 Å². The van der Waals surface area contributed by atoms with Crippen molar-refractivity contribution in [3.8, 4) is 0 Å². The first-order valence-corrected chi connectivity index (χ1v) is 8.18. The summed E-state index contributed by atoms with van der Waals surface area (Å²) in [6.45, 7) is 0.642. The van der Waals surface area contributed by atoms with Crippen LogP contribution in [0.15, 0.2) is 53.3 Å². The molecule has 0 saturated carbocycles. The van der Waals surface area contributed by atoms with Crippen LogP contribution in [0.2, 0.25) is 0 Å². The Kier molecular flexibility index (Phi) is 5.33. The molecule has 0 spiro atoms. The number of benzene rings is 2. The lowest BCUT2D eigenvalue weighted by molar-refractivity contribution is -0.116. The summed E-state index contributed by atoms with van der Waals surface area (Å²) < 4.78 is 0. The number of anilines is 1. The van der Waals surface area contributed by atoms with Crippen molar-refractivity contribution in [1.82, 2.24) is 20.6 Å². The number of hydrogen-bond acceptors (Lipinski definition) is 3. The molecule has 3 amide bonds. The number of urea groups is 1. The number of amides is 3. The van der Waals surface area contributed by atoms with Gasteiger partial charge >= 0.3 is 11.7 Å². The second-order valence-corrected chi connectivity index (χ2v) is 5.73. The second-order valence-electron chi connectivity index (χ2n) is 5.73. The summed E-state index contributed by atoms with van der Waals surface area (Å²) in [5.41, 5.74) is 2.56. The van der Waals surface area contributed by atoms with Crippen LogP contribution in [-0.4, -0.2) is 28.5 Å². The molecule has 0 aliphatic rings. The highest BCUT2D eigenvalue weighted by Crippen LogP contribution is 2.14. The third-order valence-corrected chi connectivity index (χ3v) is 3.73. The molecule has 0 aliphatic carbocycles. The number of fused-ring (bicyclic) bond motifs is 1. The van der Waals surface area contributed by atoms with Crippen molar-refractivity contribution < 1.29 is 9.59 Å². The molecule has 5 N–H and O–H groups in total. The maximum absolute atomic E-state index is 12.0. The Morgan fingerprint density at radius 3 is 2.50 bits per heavy atom. The number of aromatic nitrogens is 2. The minimum Gasteiger partial charge on any atom is -0.338 e. The molecule has 1 aromatic heterocycles. The van der Waals surface area contributed by atoms with E-state index in [-0.39, 0.29) is 30.6 Å². The lowest BCUT2D eigenvalue weighted by atomic mass is 10.2. The highest BCUT2D eigenvalue weighted by atomic mass is 16.2. The maximum atomic E-state index is 12.0. The first-order chi connectivity index (χ1) is 12.6. The number of nitrogens with one attached hydrogen (secondary N) is 5. The van der Waals surface area contributed by atoms with Crippen LogP contribution in [0.1, 0.15) is 12.0 Å². The van der Waals surface area contributed by atoms with Gasteiger partial charge in [-0.2, -0.15) is 0 Å². The normalized spacial score (nSPS) is 10.5. The van der Waals surface area contributed by atoms with Crippen molar-refractivity contribution in [2.24, 2.45) is 0 Å². The van der Waals surface area contributed by atoms with Crippen molar-refractivity contribution in [3.05, 3.63) is 64.6 Å². The molecule has 8 heteroatoms. The van der Waals surface area contributed by atoms with E-state index in [0.29, 0.717) is 23.3 Å². The maximum Gasteiger partial charge on any atom is 0.323 e. The quantitative estimate of drug-likeness (QED) is 0.464. The molecule has 134 valence electrons. The Morgan fingerprint density at radius 2 is 1.69 bits per heavy atom. The molecule has 1 heterocycles. The van der Waals surface area contributed by atoms with Crippen LogP contribution >= 0.6 is 0 Å². The summed E-state index contributed by atoms with van der Waals surface area (Å²) in [7, 11) is 0. The molecule has 0 fully saturated rings. The summed E-state index contributed by atoms with van der Waals surface area (Å²) in [5, 5.41) is 8.09. The fourth-order valence-corrected chi connectivity index (χ4v) is 2.46.